The first-order valence-corrected chi connectivity index (χ1v) is 15.8. The van der Waals surface area contributed by atoms with Gasteiger partial charge < -0.3 is 29.3 Å². The van der Waals surface area contributed by atoms with Crippen LogP contribution < -0.4 is 24.4 Å². The third-order valence-electron chi connectivity index (χ3n) is 8.91. The van der Waals surface area contributed by atoms with Crippen LogP contribution in [-0.2, 0) is 10.2 Å². The number of piperazine rings is 1. The molecule has 2 atom stereocenters. The number of carbonyl (C=O) groups is 2. The van der Waals surface area contributed by atoms with Gasteiger partial charge in [-0.2, -0.15) is 0 Å². The second-order valence-electron chi connectivity index (χ2n) is 11.6. The third kappa shape index (κ3) is 7.11. The first-order chi connectivity index (χ1) is 21.7. The van der Waals surface area contributed by atoms with E-state index in [0.717, 1.165) is 43.7 Å². The number of para-hydroxylation sites is 1. The molecule has 0 bridgehead atoms. The summed E-state index contributed by atoms with van der Waals surface area (Å²) in [5, 5.41) is 4.13. The van der Waals surface area contributed by atoms with Gasteiger partial charge in [0.05, 0.1) is 31.4 Å². The topological polar surface area (TPSA) is 83.6 Å². The summed E-state index contributed by atoms with van der Waals surface area (Å²) in [6, 6.07) is 19.3. The van der Waals surface area contributed by atoms with E-state index in [1.54, 1.807) is 19.1 Å². The van der Waals surface area contributed by atoms with Crippen molar-refractivity contribution in [1.82, 2.24) is 15.1 Å². The number of rotatable bonds is 10. The molecule has 5 rings (SSSR count). The number of methoxy groups -OCH3 is 3. The van der Waals surface area contributed by atoms with Crippen LogP contribution in [0.2, 0.25) is 10.0 Å². The third-order valence-corrected chi connectivity index (χ3v) is 9.65. The molecule has 2 fully saturated rings. The minimum atomic E-state index is -0.343. The molecule has 2 aliphatic rings. The molecule has 3 aromatic rings. The molecular formula is C34H40Cl2N4O5. The summed E-state index contributed by atoms with van der Waals surface area (Å²) < 4.78 is 16.5. The Morgan fingerprint density at radius 3 is 2.24 bits per heavy atom. The lowest BCUT2D eigenvalue weighted by Gasteiger charge is -2.44. The van der Waals surface area contributed by atoms with Gasteiger partial charge in [0.15, 0.2) is 11.5 Å². The van der Waals surface area contributed by atoms with Crippen LogP contribution in [0.3, 0.4) is 0 Å². The van der Waals surface area contributed by atoms with Crippen LogP contribution in [0.5, 0.6) is 17.2 Å². The zero-order valence-corrected chi connectivity index (χ0v) is 27.7. The lowest BCUT2D eigenvalue weighted by atomic mass is 9.76. The van der Waals surface area contributed by atoms with Crippen LogP contribution in [0, 0.1) is 0 Å². The van der Waals surface area contributed by atoms with E-state index in [9.17, 15) is 9.59 Å². The van der Waals surface area contributed by atoms with Gasteiger partial charge in [0.1, 0.15) is 6.17 Å². The molecule has 2 aliphatic heterocycles. The van der Waals surface area contributed by atoms with E-state index < -0.39 is 0 Å². The predicted molar refractivity (Wildman–Crippen MR) is 177 cm³/mol. The second-order valence-corrected chi connectivity index (χ2v) is 12.4. The first kappa shape index (κ1) is 32.7. The first-order valence-electron chi connectivity index (χ1n) is 15.0. The summed E-state index contributed by atoms with van der Waals surface area (Å²) >= 11 is 12.8. The molecule has 2 heterocycles. The standard InChI is InChI=1S/C34H40Cl2N4O5/c1-23(41)37-31-21-38(16-17-40(31)26-8-6-5-7-9-26)14-12-34(25-10-11-27(35)28(36)20-25)13-15-39(22-34)33(42)24-18-29(43-2)32(45-4)30(19-24)44-3/h5-11,18-20,31H,12-17,21-22H2,1-4H3,(H,37,41). The molecule has 0 aromatic heterocycles. The molecule has 1 N–H and O–H groups in total. The molecule has 2 amide bonds. The van der Waals surface area contributed by atoms with Gasteiger partial charge in [-0.25, -0.2) is 0 Å². The smallest absolute Gasteiger partial charge is 0.254 e. The maximum Gasteiger partial charge on any atom is 0.254 e. The zero-order valence-electron chi connectivity index (χ0n) is 26.1. The molecule has 9 nitrogen and oxygen atoms in total. The van der Waals surface area contributed by atoms with Crippen LogP contribution in [0.25, 0.3) is 0 Å². The summed E-state index contributed by atoms with van der Waals surface area (Å²) in [4.78, 5) is 32.6. The highest BCUT2D eigenvalue weighted by Crippen LogP contribution is 2.42. The van der Waals surface area contributed by atoms with Crippen molar-refractivity contribution in [3.05, 3.63) is 81.8 Å². The number of benzene rings is 3. The van der Waals surface area contributed by atoms with Gasteiger partial charge >= 0.3 is 0 Å². The van der Waals surface area contributed by atoms with E-state index in [0.29, 0.717) is 52.5 Å². The SMILES string of the molecule is COc1cc(C(=O)N2CCC(CCN3CCN(c4ccccc4)C(NC(C)=O)C3)(c3ccc(Cl)c(Cl)c3)C2)cc(OC)c1OC. The van der Waals surface area contributed by atoms with E-state index >= 15 is 0 Å². The maximum absolute atomic E-state index is 13.9. The maximum atomic E-state index is 13.9. The van der Waals surface area contributed by atoms with Crippen molar-refractivity contribution in [2.45, 2.75) is 31.3 Å². The fraction of sp³-hybridized carbons (Fsp3) is 0.412. The number of anilines is 1. The van der Waals surface area contributed by atoms with Crippen LogP contribution in [0.4, 0.5) is 5.69 Å². The molecule has 0 aliphatic carbocycles. The molecular weight excluding hydrogens is 615 g/mol. The van der Waals surface area contributed by atoms with Crippen LogP contribution in [0.15, 0.2) is 60.7 Å². The molecule has 0 radical (unpaired) electrons. The van der Waals surface area contributed by atoms with Crippen LogP contribution >= 0.6 is 23.2 Å². The Labute approximate surface area is 274 Å². The average Bonchev–Trinajstić information content (AvgIpc) is 3.49. The predicted octanol–water partition coefficient (Wildman–Crippen LogP) is 5.48. The normalized spacial score (nSPS) is 20.2. The Bertz CT molecular complexity index is 1500. The van der Waals surface area contributed by atoms with Crippen molar-refractivity contribution in [1.29, 1.82) is 0 Å². The highest BCUT2D eigenvalue weighted by Gasteiger charge is 2.42. The number of halogens is 2. The number of carbonyl (C=O) groups excluding carboxylic acids is 2. The van der Waals surface area contributed by atoms with Crippen molar-refractivity contribution in [2.24, 2.45) is 0 Å². The summed E-state index contributed by atoms with van der Waals surface area (Å²) in [6.45, 7) is 5.73. The fourth-order valence-electron chi connectivity index (χ4n) is 6.54. The molecule has 0 spiro atoms. The van der Waals surface area contributed by atoms with E-state index in [4.69, 9.17) is 37.4 Å². The van der Waals surface area contributed by atoms with Crippen molar-refractivity contribution in [2.75, 3.05) is 65.5 Å². The Kier molecular flexibility index (Phi) is 10.3. The van der Waals surface area contributed by atoms with Gasteiger partial charge in [0.2, 0.25) is 11.7 Å². The Balaban J connectivity index is 1.38. The molecule has 45 heavy (non-hydrogen) atoms. The number of ether oxygens (including phenoxy) is 3. The van der Waals surface area contributed by atoms with E-state index in [1.165, 1.54) is 21.3 Å². The van der Waals surface area contributed by atoms with Crippen LogP contribution in [-0.4, -0.2) is 88.4 Å². The number of amides is 2. The van der Waals surface area contributed by atoms with Crippen molar-refractivity contribution < 1.29 is 23.8 Å². The van der Waals surface area contributed by atoms with Gasteiger partial charge in [-0.1, -0.05) is 47.5 Å². The monoisotopic (exact) mass is 654 g/mol. The lowest BCUT2D eigenvalue weighted by Crippen LogP contribution is -2.60. The van der Waals surface area contributed by atoms with E-state index in [-0.39, 0.29) is 23.4 Å². The molecule has 2 saturated heterocycles. The quantitative estimate of drug-likeness (QED) is 0.310. The number of nitrogens with zero attached hydrogens (tertiary/aromatic N) is 3. The fourth-order valence-corrected chi connectivity index (χ4v) is 6.84. The molecule has 0 saturated carbocycles. The molecule has 3 aromatic carbocycles. The van der Waals surface area contributed by atoms with Gasteiger partial charge in [0.25, 0.3) is 5.91 Å². The highest BCUT2D eigenvalue weighted by atomic mass is 35.5. The Morgan fingerprint density at radius 1 is 0.911 bits per heavy atom. The lowest BCUT2D eigenvalue weighted by molar-refractivity contribution is -0.119. The summed E-state index contributed by atoms with van der Waals surface area (Å²) in [7, 11) is 4.60. The molecule has 240 valence electrons. The van der Waals surface area contributed by atoms with Crippen LogP contribution in [0.1, 0.15) is 35.7 Å². The number of nitrogens with one attached hydrogen (secondary N) is 1. The summed E-state index contributed by atoms with van der Waals surface area (Å²) in [5.41, 5.74) is 2.26. The highest BCUT2D eigenvalue weighted by molar-refractivity contribution is 6.42. The average molecular weight is 656 g/mol. The second kappa shape index (κ2) is 14.2. The van der Waals surface area contributed by atoms with Crippen molar-refractivity contribution >= 4 is 40.7 Å². The minimum absolute atomic E-state index is 0.0632. The summed E-state index contributed by atoms with van der Waals surface area (Å²) in [6.07, 6.45) is 1.41. The van der Waals surface area contributed by atoms with Gasteiger partial charge in [-0.05, 0) is 61.3 Å². The number of likely N-dealkylation sites (tertiary alicyclic amines) is 1. The van der Waals surface area contributed by atoms with Crippen molar-refractivity contribution in [3.63, 3.8) is 0 Å². The largest absolute Gasteiger partial charge is 0.493 e. The Hall–Kier alpha value is -3.66. The van der Waals surface area contributed by atoms with E-state index in [1.807, 2.05) is 41.3 Å². The van der Waals surface area contributed by atoms with E-state index in [2.05, 4.69) is 27.2 Å². The van der Waals surface area contributed by atoms with Gasteiger partial charge in [0, 0.05) is 56.3 Å². The Morgan fingerprint density at radius 2 is 1.62 bits per heavy atom. The minimum Gasteiger partial charge on any atom is -0.493 e. The number of hydrogen-bond acceptors (Lipinski definition) is 7. The zero-order chi connectivity index (χ0) is 32.1. The molecule has 2 unspecified atom stereocenters. The van der Waals surface area contributed by atoms with Gasteiger partial charge in [-0.3, -0.25) is 14.5 Å². The molecule has 11 heteroatoms. The van der Waals surface area contributed by atoms with Crippen molar-refractivity contribution in [3.8, 4) is 17.2 Å². The number of hydrogen-bond donors (Lipinski definition) is 1. The van der Waals surface area contributed by atoms with Gasteiger partial charge in [-0.15, -0.1) is 0 Å². The summed E-state index contributed by atoms with van der Waals surface area (Å²) in [5.74, 6) is 1.12.